The van der Waals surface area contributed by atoms with E-state index in [0.29, 0.717) is 0 Å². The molecule has 0 bridgehead atoms. The number of hydrogen-bond donors (Lipinski definition) is 0. The summed E-state index contributed by atoms with van der Waals surface area (Å²) in [6.07, 6.45) is 1.20. The molecule has 0 radical (unpaired) electrons. The minimum Gasteiger partial charge on any atom is -0.355 e. The van der Waals surface area contributed by atoms with E-state index in [-0.39, 0.29) is 0 Å². The van der Waals surface area contributed by atoms with Gasteiger partial charge < -0.3 is 4.67 Å². The van der Waals surface area contributed by atoms with Crippen molar-refractivity contribution in [2.75, 3.05) is 11.2 Å². The first-order valence-electron chi connectivity index (χ1n) is 3.90. The lowest BCUT2D eigenvalue weighted by atomic mass is 9.89. The predicted molar refractivity (Wildman–Crippen MR) is 55.4 cm³/mol. The van der Waals surface area contributed by atoms with Crippen LogP contribution in [0.3, 0.4) is 0 Å². The second-order valence-electron chi connectivity index (χ2n) is 3.02. The topological polar surface area (TPSA) is 3.24 Å². The van der Waals surface area contributed by atoms with E-state index in [1.54, 1.807) is 0 Å². The molecule has 1 aromatic rings. The van der Waals surface area contributed by atoms with Crippen molar-refractivity contribution in [2.45, 2.75) is 6.42 Å². The molecule has 0 saturated carbocycles. The van der Waals surface area contributed by atoms with Crippen LogP contribution in [0.15, 0.2) is 18.2 Å². The zero-order chi connectivity index (χ0) is 7.84. The van der Waals surface area contributed by atoms with E-state index in [1.165, 1.54) is 23.1 Å². The Kier molecular flexibility index (Phi) is 1.65. The lowest BCUT2D eigenvalue weighted by Gasteiger charge is -2.11. The van der Waals surface area contributed by atoms with Crippen molar-refractivity contribution >= 4 is 28.4 Å². The van der Waals surface area contributed by atoms with Crippen LogP contribution in [0.4, 0.5) is 5.69 Å². The van der Waals surface area contributed by atoms with Crippen LogP contribution in [-0.2, 0) is 6.42 Å². The Morgan fingerprint density at radius 2 is 2.27 bits per heavy atom. The third-order valence-electron chi connectivity index (χ3n) is 2.30. The summed E-state index contributed by atoms with van der Waals surface area (Å²) in [5.41, 5.74) is 4.32. The van der Waals surface area contributed by atoms with E-state index in [1.807, 2.05) is 0 Å². The molecule has 0 amide bonds. The van der Waals surface area contributed by atoms with Crippen molar-refractivity contribution in [3.63, 3.8) is 0 Å². The molecule has 0 spiro atoms. The van der Waals surface area contributed by atoms with E-state index < -0.39 is 0 Å². The molecule has 0 fully saturated rings. The molecule has 0 aromatic heterocycles. The summed E-state index contributed by atoms with van der Waals surface area (Å²) in [6, 6.07) is 6.49. The Morgan fingerprint density at radius 1 is 1.45 bits per heavy atom. The summed E-state index contributed by atoms with van der Waals surface area (Å²) in [7, 11) is 4.94. The lowest BCUT2D eigenvalue weighted by molar-refractivity contribution is 1.06. The van der Waals surface area contributed by atoms with E-state index in [2.05, 4.69) is 40.1 Å². The fourth-order valence-electron chi connectivity index (χ4n) is 1.63. The highest BCUT2D eigenvalue weighted by molar-refractivity contribution is 7.19. The second kappa shape index (κ2) is 2.53. The van der Waals surface area contributed by atoms with Crippen LogP contribution in [-0.4, -0.2) is 14.4 Å². The van der Waals surface area contributed by atoms with Crippen molar-refractivity contribution in [3.8, 4) is 0 Å². The summed E-state index contributed by atoms with van der Waals surface area (Å²) in [4.78, 5) is 0. The van der Waals surface area contributed by atoms with Gasteiger partial charge in [0, 0.05) is 12.2 Å². The molecule has 2 rings (SSSR count). The molecule has 1 aliphatic heterocycles. The van der Waals surface area contributed by atoms with Crippen LogP contribution in [0.25, 0.3) is 0 Å². The van der Waals surface area contributed by atoms with Crippen molar-refractivity contribution in [1.82, 2.24) is 0 Å². The third-order valence-corrected chi connectivity index (χ3v) is 2.83. The Hall–Kier alpha value is -0.485. The van der Waals surface area contributed by atoms with Crippen molar-refractivity contribution in [1.29, 1.82) is 0 Å². The highest BCUT2D eigenvalue weighted by Gasteiger charge is 2.15. The van der Waals surface area contributed by atoms with Gasteiger partial charge in [0.05, 0.1) is 0 Å². The van der Waals surface area contributed by atoms with E-state index in [4.69, 9.17) is 0 Å². The first kappa shape index (κ1) is 7.18. The fourth-order valence-corrected chi connectivity index (χ4v) is 2.00. The van der Waals surface area contributed by atoms with Gasteiger partial charge in [-0.15, -0.1) is 0 Å². The SMILES string of the molecule is Bc1cccc2c1CCN2P. The van der Waals surface area contributed by atoms with Crippen LogP contribution in [0, 0.1) is 0 Å². The number of benzene rings is 1. The van der Waals surface area contributed by atoms with Gasteiger partial charge in [0.25, 0.3) is 0 Å². The molecule has 0 N–H and O–H groups in total. The maximum Gasteiger partial charge on any atom is 0.139 e. The summed E-state index contributed by atoms with van der Waals surface area (Å²) in [5, 5.41) is 0. The number of nitrogens with zero attached hydrogens (tertiary/aromatic N) is 1. The average Bonchev–Trinajstić information content (AvgIpc) is 2.35. The number of anilines is 1. The van der Waals surface area contributed by atoms with E-state index in [0.717, 1.165) is 6.54 Å². The van der Waals surface area contributed by atoms with Crippen LogP contribution in [0.2, 0.25) is 0 Å². The molecule has 1 aliphatic rings. The maximum atomic E-state index is 2.76. The predicted octanol–water partition coefficient (Wildman–Crippen LogP) is 0.0976. The van der Waals surface area contributed by atoms with Gasteiger partial charge in [0.2, 0.25) is 0 Å². The second-order valence-corrected chi connectivity index (χ2v) is 3.64. The maximum absolute atomic E-state index is 2.76. The molecule has 1 unspecified atom stereocenters. The molecule has 3 heteroatoms. The van der Waals surface area contributed by atoms with E-state index >= 15 is 0 Å². The van der Waals surface area contributed by atoms with Gasteiger partial charge in [-0.2, -0.15) is 0 Å². The van der Waals surface area contributed by atoms with Crippen LogP contribution in [0.5, 0.6) is 0 Å². The Labute approximate surface area is 70.5 Å². The van der Waals surface area contributed by atoms with E-state index in [9.17, 15) is 0 Å². The molecule has 0 saturated heterocycles. The zero-order valence-corrected chi connectivity index (χ0v) is 7.83. The molecule has 1 nitrogen and oxygen atoms in total. The largest absolute Gasteiger partial charge is 0.355 e. The van der Waals surface area contributed by atoms with Gasteiger partial charge in [-0.05, 0) is 27.4 Å². The molecular formula is C8H11BNP. The van der Waals surface area contributed by atoms with Crippen LogP contribution < -0.4 is 10.1 Å². The molecule has 11 heavy (non-hydrogen) atoms. The van der Waals surface area contributed by atoms with Gasteiger partial charge >= 0.3 is 0 Å². The number of fused-ring (bicyclic) bond motifs is 1. The monoisotopic (exact) mass is 163 g/mol. The van der Waals surface area contributed by atoms with Crippen LogP contribution >= 0.6 is 9.39 Å². The quantitative estimate of drug-likeness (QED) is 0.387. The summed E-state index contributed by atoms with van der Waals surface area (Å²) in [6.45, 7) is 1.14. The van der Waals surface area contributed by atoms with Crippen molar-refractivity contribution in [3.05, 3.63) is 23.8 Å². The summed E-state index contributed by atoms with van der Waals surface area (Å²) >= 11 is 0. The van der Waals surface area contributed by atoms with Gasteiger partial charge in [0.15, 0.2) is 0 Å². The van der Waals surface area contributed by atoms with Gasteiger partial charge in [0.1, 0.15) is 7.85 Å². The van der Waals surface area contributed by atoms with Crippen LogP contribution in [0.1, 0.15) is 5.56 Å². The highest BCUT2D eigenvalue weighted by Crippen LogP contribution is 2.28. The Morgan fingerprint density at radius 3 is 3.00 bits per heavy atom. The van der Waals surface area contributed by atoms with Crippen molar-refractivity contribution in [2.24, 2.45) is 0 Å². The lowest BCUT2D eigenvalue weighted by Crippen LogP contribution is -2.07. The summed E-state index contributed by atoms with van der Waals surface area (Å²) in [5.74, 6) is 0. The standard InChI is InChI=1S/C8H11BNP/c9-7-2-1-3-8-6(7)4-5-10(8)11/h1-3H,4-5,9,11H2. The number of rotatable bonds is 0. The minimum absolute atomic E-state index is 1.14. The molecule has 1 aromatic carbocycles. The highest BCUT2D eigenvalue weighted by atomic mass is 31.0. The molecular weight excluding hydrogens is 152 g/mol. The third kappa shape index (κ3) is 1.06. The Bertz CT molecular complexity index is 287. The van der Waals surface area contributed by atoms with Gasteiger partial charge in [-0.3, -0.25) is 0 Å². The molecule has 1 heterocycles. The average molecular weight is 163 g/mol. The normalized spacial score (nSPS) is 15.2. The molecule has 1 atom stereocenters. The zero-order valence-electron chi connectivity index (χ0n) is 6.67. The van der Waals surface area contributed by atoms with Gasteiger partial charge in [-0.25, -0.2) is 0 Å². The number of hydrogen-bond acceptors (Lipinski definition) is 1. The minimum atomic E-state index is 1.14. The van der Waals surface area contributed by atoms with Crippen molar-refractivity contribution < 1.29 is 0 Å². The summed E-state index contributed by atoms with van der Waals surface area (Å²) < 4.78 is 2.24. The van der Waals surface area contributed by atoms with Gasteiger partial charge in [-0.1, -0.05) is 17.6 Å². The molecule has 56 valence electrons. The first-order valence-corrected chi connectivity index (χ1v) is 4.41. The first-order chi connectivity index (χ1) is 5.29. The Balaban J connectivity index is 2.57. The molecule has 0 aliphatic carbocycles. The fraction of sp³-hybridized carbons (Fsp3) is 0.250. The smallest absolute Gasteiger partial charge is 0.139 e.